The van der Waals surface area contributed by atoms with Crippen LogP contribution in [-0.2, 0) is 5.41 Å². The molecule has 2 aromatic carbocycles. The molecule has 5 N–H and O–H groups in total. The number of hydrogen-bond acceptors (Lipinski definition) is 7. The number of aryl methyl sites for hydroxylation is 1. The van der Waals surface area contributed by atoms with Crippen molar-refractivity contribution in [3.8, 4) is 17.2 Å². The van der Waals surface area contributed by atoms with E-state index in [-0.39, 0.29) is 39.6 Å². The van der Waals surface area contributed by atoms with Gasteiger partial charge in [0.25, 0.3) is 5.56 Å². The first-order valence-electron chi connectivity index (χ1n) is 12.4. The van der Waals surface area contributed by atoms with Crippen molar-refractivity contribution in [1.82, 2.24) is 24.7 Å². The number of nitrogens with zero attached hydrogens (tertiary/aromatic N) is 4. The lowest BCUT2D eigenvalue weighted by molar-refractivity contribution is 0.262. The van der Waals surface area contributed by atoms with Gasteiger partial charge in [-0.2, -0.15) is 5.10 Å². The molecule has 204 valence electrons. The summed E-state index contributed by atoms with van der Waals surface area (Å²) in [6, 6.07) is 14.3. The van der Waals surface area contributed by atoms with Gasteiger partial charge >= 0.3 is 6.03 Å². The molecule has 5 aromatic rings. The number of anilines is 3. The number of rotatable bonds is 5. The van der Waals surface area contributed by atoms with Crippen LogP contribution >= 0.6 is 0 Å². The van der Waals surface area contributed by atoms with Crippen molar-refractivity contribution in [2.24, 2.45) is 0 Å². The molecule has 5 rings (SSSR count). The second-order valence-electron chi connectivity index (χ2n) is 10.2. The zero-order chi connectivity index (χ0) is 28.6. The quantitative estimate of drug-likeness (QED) is 0.236. The number of nitrogens with two attached hydrogens (primary N) is 1. The van der Waals surface area contributed by atoms with Gasteiger partial charge in [0.1, 0.15) is 17.4 Å². The monoisotopic (exact) mass is 542 g/mol. The Morgan fingerprint density at radius 1 is 1.07 bits per heavy atom. The minimum atomic E-state index is -0.727. The molecule has 3 heterocycles. The molecule has 0 spiro atoms. The molecule has 0 saturated heterocycles. The molecule has 0 aliphatic carbocycles. The third-order valence-corrected chi connectivity index (χ3v) is 6.00. The first-order chi connectivity index (χ1) is 19.0. The Bertz CT molecular complexity index is 1790. The van der Waals surface area contributed by atoms with Gasteiger partial charge in [-0.1, -0.05) is 38.5 Å². The number of ether oxygens (including phenoxy) is 1. The molecule has 0 radical (unpaired) electrons. The Hall–Kier alpha value is -5.26. The number of fused-ring (bicyclic) bond motifs is 1. The van der Waals surface area contributed by atoms with Crippen LogP contribution in [0.4, 0.5) is 26.5 Å². The summed E-state index contributed by atoms with van der Waals surface area (Å²) in [5, 5.41) is 9.99. The molecule has 12 heteroatoms. The Kier molecular flexibility index (Phi) is 6.68. The van der Waals surface area contributed by atoms with Gasteiger partial charge < -0.3 is 20.8 Å². The summed E-state index contributed by atoms with van der Waals surface area (Å²) in [5.74, 6) is -0.199. The molecule has 0 unspecified atom stereocenters. The van der Waals surface area contributed by atoms with Crippen molar-refractivity contribution >= 4 is 34.5 Å². The average molecular weight is 543 g/mol. The number of amides is 2. The van der Waals surface area contributed by atoms with E-state index in [1.54, 1.807) is 10.7 Å². The molecule has 0 bridgehead atoms. The predicted octanol–water partition coefficient (Wildman–Crippen LogP) is 5.27. The van der Waals surface area contributed by atoms with E-state index < -0.39 is 17.4 Å². The van der Waals surface area contributed by atoms with Crippen molar-refractivity contribution in [1.29, 1.82) is 0 Å². The van der Waals surface area contributed by atoms with Gasteiger partial charge in [0.05, 0.1) is 17.1 Å². The Labute approximate surface area is 228 Å². The summed E-state index contributed by atoms with van der Waals surface area (Å²) in [7, 11) is 0. The van der Waals surface area contributed by atoms with Gasteiger partial charge in [-0.15, -0.1) is 0 Å². The number of urea groups is 1. The van der Waals surface area contributed by atoms with Gasteiger partial charge in [0.2, 0.25) is 0 Å². The van der Waals surface area contributed by atoms with Gasteiger partial charge in [0, 0.05) is 29.8 Å². The maximum absolute atomic E-state index is 15.0. The smallest absolute Gasteiger partial charge is 0.324 e. The third-order valence-electron chi connectivity index (χ3n) is 6.00. The summed E-state index contributed by atoms with van der Waals surface area (Å²) in [5.41, 5.74) is 7.74. The zero-order valence-corrected chi connectivity index (χ0v) is 22.2. The summed E-state index contributed by atoms with van der Waals surface area (Å²) >= 11 is 0. The van der Waals surface area contributed by atoms with Crippen molar-refractivity contribution in [2.75, 3.05) is 16.4 Å². The van der Waals surface area contributed by atoms with E-state index >= 15 is 0 Å². The molecule has 3 aromatic heterocycles. The van der Waals surface area contributed by atoms with E-state index in [1.807, 2.05) is 52.0 Å². The number of aromatic amines is 1. The third kappa shape index (κ3) is 5.46. The highest BCUT2D eigenvalue weighted by atomic mass is 19.1. The molecule has 11 nitrogen and oxygen atoms in total. The Morgan fingerprint density at radius 2 is 1.82 bits per heavy atom. The predicted molar refractivity (Wildman–Crippen MR) is 151 cm³/mol. The largest absolute Gasteiger partial charge is 0.455 e. The number of carbonyl (C=O) groups excluding carboxylic acids is 1. The van der Waals surface area contributed by atoms with Gasteiger partial charge in [-0.25, -0.2) is 23.8 Å². The molecule has 0 atom stereocenters. The lowest BCUT2D eigenvalue weighted by Gasteiger charge is -2.14. The highest BCUT2D eigenvalue weighted by Gasteiger charge is 2.22. The van der Waals surface area contributed by atoms with Crippen molar-refractivity contribution in [3.63, 3.8) is 0 Å². The van der Waals surface area contributed by atoms with Gasteiger partial charge in [-0.05, 0) is 31.2 Å². The molecular weight excluding hydrogens is 515 g/mol. The molecule has 0 aliphatic heterocycles. The molecule has 2 amide bonds. The highest BCUT2D eigenvalue weighted by molar-refractivity contribution is 5.99. The maximum Gasteiger partial charge on any atom is 0.324 e. The number of halogens is 1. The standard InChI is InChI=1S/C28H27FN8O3/c1-15-5-7-16(8-6-15)37-22(14-21(36-37)28(2,3)4)33-27(39)32-19-10-9-17(13-18(19)29)40-20-11-12-31-25-23(20)34-24(30)26(38)35-25/h5-14H,1-4H3,(H2,30,34)(H,31,35,38)(H2,32,33,39). The first kappa shape index (κ1) is 26.4. The van der Waals surface area contributed by atoms with Crippen LogP contribution in [-0.4, -0.2) is 30.8 Å². The summed E-state index contributed by atoms with van der Waals surface area (Å²) in [4.78, 5) is 35.2. The number of nitrogen functional groups attached to an aromatic ring is 1. The Morgan fingerprint density at radius 3 is 2.52 bits per heavy atom. The van der Waals surface area contributed by atoms with Crippen molar-refractivity contribution in [3.05, 3.63) is 88.2 Å². The molecule has 0 saturated carbocycles. The highest BCUT2D eigenvalue weighted by Crippen LogP contribution is 2.30. The van der Waals surface area contributed by atoms with Gasteiger partial charge in [-0.3, -0.25) is 10.1 Å². The van der Waals surface area contributed by atoms with Crippen LogP contribution in [0, 0.1) is 12.7 Å². The molecule has 40 heavy (non-hydrogen) atoms. The van der Waals surface area contributed by atoms with Crippen LogP contribution in [0.5, 0.6) is 11.5 Å². The fourth-order valence-electron chi connectivity index (χ4n) is 3.84. The van der Waals surface area contributed by atoms with E-state index in [9.17, 15) is 14.0 Å². The fourth-order valence-corrected chi connectivity index (χ4v) is 3.84. The van der Waals surface area contributed by atoms with Crippen LogP contribution in [0.15, 0.2) is 65.6 Å². The van der Waals surface area contributed by atoms with E-state index in [4.69, 9.17) is 10.5 Å². The topological polar surface area (TPSA) is 153 Å². The van der Waals surface area contributed by atoms with Crippen LogP contribution in [0.1, 0.15) is 32.0 Å². The summed E-state index contributed by atoms with van der Waals surface area (Å²) < 4.78 is 22.4. The minimum Gasteiger partial charge on any atom is -0.455 e. The summed E-state index contributed by atoms with van der Waals surface area (Å²) in [6.07, 6.45) is 1.41. The maximum atomic E-state index is 15.0. The second-order valence-corrected chi connectivity index (χ2v) is 10.2. The van der Waals surface area contributed by atoms with Crippen molar-refractivity contribution in [2.45, 2.75) is 33.1 Å². The van der Waals surface area contributed by atoms with Crippen LogP contribution in [0.25, 0.3) is 16.9 Å². The zero-order valence-electron chi connectivity index (χ0n) is 22.2. The van der Waals surface area contributed by atoms with Gasteiger partial charge in [0.15, 0.2) is 22.7 Å². The van der Waals surface area contributed by atoms with Crippen LogP contribution in [0.3, 0.4) is 0 Å². The lowest BCUT2D eigenvalue weighted by atomic mass is 9.92. The Balaban J connectivity index is 1.35. The number of pyridine rings is 1. The summed E-state index contributed by atoms with van der Waals surface area (Å²) in [6.45, 7) is 8.06. The molecule has 0 aliphatic rings. The average Bonchev–Trinajstić information content (AvgIpc) is 3.31. The van der Waals surface area contributed by atoms with Crippen LogP contribution < -0.4 is 26.7 Å². The first-order valence-corrected chi connectivity index (χ1v) is 12.4. The van der Waals surface area contributed by atoms with Crippen molar-refractivity contribution < 1.29 is 13.9 Å². The second kappa shape index (κ2) is 10.1. The number of hydrogen-bond donors (Lipinski definition) is 4. The number of nitrogens with one attached hydrogen (secondary N) is 3. The van der Waals surface area contributed by atoms with E-state index in [2.05, 4.69) is 30.7 Å². The SMILES string of the molecule is Cc1ccc(-n2nc(C(C)(C)C)cc2NC(=O)Nc2ccc(Oc3ccnc4[nH]c(=O)c(N)nc34)cc2F)cc1. The molecule has 0 fully saturated rings. The normalized spacial score (nSPS) is 11.4. The number of H-pyrrole nitrogens is 1. The minimum absolute atomic E-state index is 0.0615. The molecular formula is C28H27FN8O3. The number of benzene rings is 2. The fraction of sp³-hybridized carbons (Fsp3) is 0.179. The van der Waals surface area contributed by atoms with E-state index in [0.29, 0.717) is 5.82 Å². The van der Waals surface area contributed by atoms with E-state index in [1.165, 1.54) is 24.4 Å². The lowest BCUT2D eigenvalue weighted by Crippen LogP contribution is -2.22. The van der Waals surface area contributed by atoms with E-state index in [0.717, 1.165) is 23.0 Å². The van der Waals surface area contributed by atoms with Crippen LogP contribution in [0.2, 0.25) is 0 Å². The number of carbonyl (C=O) groups is 1. The number of aromatic nitrogens is 5.